The molecule has 0 aliphatic carbocycles. The second-order valence-corrected chi connectivity index (χ2v) is 5.62. The van der Waals surface area contributed by atoms with Crippen LogP contribution in [0.5, 0.6) is 11.5 Å². The number of benzene rings is 2. The quantitative estimate of drug-likeness (QED) is 0.414. The number of ether oxygens (including phenoxy) is 3. The van der Waals surface area contributed by atoms with Crippen molar-refractivity contribution in [2.24, 2.45) is 0 Å². The lowest BCUT2D eigenvalue weighted by Crippen LogP contribution is -2.15. The molecule has 0 aromatic heterocycles. The zero-order valence-corrected chi connectivity index (χ0v) is 14.5. The first-order valence-electron chi connectivity index (χ1n) is 8.23. The van der Waals surface area contributed by atoms with Crippen LogP contribution < -0.4 is 9.47 Å². The zero-order chi connectivity index (χ0) is 17.4. The molecule has 0 fully saturated rings. The second-order valence-electron chi connectivity index (χ2n) is 5.62. The predicted molar refractivity (Wildman–Crippen MR) is 93.8 cm³/mol. The molecule has 0 N–H and O–H groups in total. The number of para-hydroxylation sites is 1. The molecule has 2 aromatic rings. The molecule has 128 valence electrons. The van der Waals surface area contributed by atoms with Crippen molar-refractivity contribution in [1.82, 2.24) is 0 Å². The molecule has 0 aliphatic rings. The van der Waals surface area contributed by atoms with Crippen molar-refractivity contribution in [3.8, 4) is 11.5 Å². The van der Waals surface area contributed by atoms with E-state index < -0.39 is 6.16 Å². The van der Waals surface area contributed by atoms with E-state index in [1.54, 1.807) is 12.1 Å². The van der Waals surface area contributed by atoms with Crippen molar-refractivity contribution in [3.05, 3.63) is 59.2 Å². The summed E-state index contributed by atoms with van der Waals surface area (Å²) in [4.78, 5) is 12.0. The van der Waals surface area contributed by atoms with Gasteiger partial charge in [-0.2, -0.15) is 0 Å². The molecule has 0 saturated heterocycles. The SMILES string of the molecule is CCCOCCc1cccc(OC(=O)Oc2ccccc2C)c1C. The lowest BCUT2D eigenvalue weighted by molar-refractivity contribution is 0.137. The fourth-order valence-electron chi connectivity index (χ4n) is 2.34. The van der Waals surface area contributed by atoms with Gasteiger partial charge in [-0.15, -0.1) is 0 Å². The van der Waals surface area contributed by atoms with Crippen molar-refractivity contribution in [3.63, 3.8) is 0 Å². The molecule has 0 atom stereocenters. The Bertz CT molecular complexity index is 679. The van der Waals surface area contributed by atoms with Gasteiger partial charge in [0, 0.05) is 6.61 Å². The number of aryl methyl sites for hydroxylation is 1. The van der Waals surface area contributed by atoms with Crippen LogP contribution in [0.3, 0.4) is 0 Å². The van der Waals surface area contributed by atoms with Gasteiger partial charge in [0.05, 0.1) is 6.61 Å². The summed E-state index contributed by atoms with van der Waals surface area (Å²) in [5.74, 6) is 1.02. The molecule has 0 bridgehead atoms. The summed E-state index contributed by atoms with van der Waals surface area (Å²) in [6, 6.07) is 13.0. The molecule has 0 amide bonds. The highest BCUT2D eigenvalue weighted by Crippen LogP contribution is 2.23. The molecule has 0 unspecified atom stereocenters. The van der Waals surface area contributed by atoms with Crippen LogP contribution in [0, 0.1) is 13.8 Å². The summed E-state index contributed by atoms with van der Waals surface area (Å²) >= 11 is 0. The molecule has 0 spiro atoms. The van der Waals surface area contributed by atoms with Crippen molar-refractivity contribution < 1.29 is 19.0 Å². The molecule has 4 nitrogen and oxygen atoms in total. The smallest absolute Gasteiger partial charge is 0.394 e. The van der Waals surface area contributed by atoms with Crippen LogP contribution in [-0.4, -0.2) is 19.4 Å². The Morgan fingerprint density at radius 2 is 1.62 bits per heavy atom. The summed E-state index contributed by atoms with van der Waals surface area (Å²) in [6.07, 6.45) is 1.06. The second kappa shape index (κ2) is 9.08. The maximum atomic E-state index is 12.0. The van der Waals surface area contributed by atoms with Gasteiger partial charge in [-0.25, -0.2) is 4.79 Å². The Balaban J connectivity index is 1.99. The Morgan fingerprint density at radius 1 is 0.917 bits per heavy atom. The average molecular weight is 328 g/mol. The number of carbonyl (C=O) groups excluding carboxylic acids is 1. The molecule has 24 heavy (non-hydrogen) atoms. The van der Waals surface area contributed by atoms with E-state index in [2.05, 4.69) is 6.92 Å². The van der Waals surface area contributed by atoms with Gasteiger partial charge < -0.3 is 14.2 Å². The third-order valence-electron chi connectivity index (χ3n) is 3.74. The molecule has 2 rings (SSSR count). The van der Waals surface area contributed by atoms with Gasteiger partial charge >= 0.3 is 6.16 Å². The molecule has 0 saturated carbocycles. The van der Waals surface area contributed by atoms with Gasteiger partial charge in [0.25, 0.3) is 0 Å². The Kier molecular flexibility index (Phi) is 6.82. The van der Waals surface area contributed by atoms with Crippen molar-refractivity contribution in [2.75, 3.05) is 13.2 Å². The van der Waals surface area contributed by atoms with Gasteiger partial charge in [0.2, 0.25) is 0 Å². The van der Waals surface area contributed by atoms with Gasteiger partial charge in [-0.3, -0.25) is 0 Å². The van der Waals surface area contributed by atoms with Crippen LogP contribution in [-0.2, 0) is 11.2 Å². The van der Waals surface area contributed by atoms with Gasteiger partial charge in [0.1, 0.15) is 11.5 Å². The fraction of sp³-hybridized carbons (Fsp3) is 0.350. The Hall–Kier alpha value is -2.33. The van der Waals surface area contributed by atoms with E-state index in [1.165, 1.54) is 0 Å². The third-order valence-corrected chi connectivity index (χ3v) is 3.74. The van der Waals surface area contributed by atoms with E-state index in [-0.39, 0.29) is 0 Å². The molecule has 0 radical (unpaired) electrons. The number of carbonyl (C=O) groups is 1. The van der Waals surface area contributed by atoms with E-state index in [9.17, 15) is 4.79 Å². The first-order chi connectivity index (χ1) is 11.6. The summed E-state index contributed by atoms with van der Waals surface area (Å²) in [5.41, 5.74) is 2.92. The summed E-state index contributed by atoms with van der Waals surface area (Å²) in [6.45, 7) is 7.32. The molecule has 2 aromatic carbocycles. The van der Waals surface area contributed by atoms with Crippen LogP contribution in [0.1, 0.15) is 30.0 Å². The maximum absolute atomic E-state index is 12.0. The molecular formula is C20H24O4. The van der Waals surface area contributed by atoms with E-state index >= 15 is 0 Å². The number of hydrogen-bond donors (Lipinski definition) is 0. The largest absolute Gasteiger partial charge is 0.519 e. The minimum atomic E-state index is -0.730. The van der Waals surface area contributed by atoms with Crippen LogP contribution in [0.2, 0.25) is 0 Å². The highest BCUT2D eigenvalue weighted by molar-refractivity contribution is 5.68. The molecule has 4 heteroatoms. The van der Waals surface area contributed by atoms with Crippen LogP contribution in [0.15, 0.2) is 42.5 Å². The molecule has 0 aliphatic heterocycles. The minimum absolute atomic E-state index is 0.504. The average Bonchev–Trinajstić information content (AvgIpc) is 2.57. The van der Waals surface area contributed by atoms with E-state index in [0.717, 1.165) is 36.1 Å². The van der Waals surface area contributed by atoms with Gasteiger partial charge in [0.15, 0.2) is 0 Å². The van der Waals surface area contributed by atoms with E-state index in [1.807, 2.05) is 44.2 Å². The minimum Gasteiger partial charge on any atom is -0.394 e. The molecular weight excluding hydrogens is 304 g/mol. The number of hydrogen-bond acceptors (Lipinski definition) is 4. The van der Waals surface area contributed by atoms with Crippen molar-refractivity contribution in [1.29, 1.82) is 0 Å². The highest BCUT2D eigenvalue weighted by Gasteiger charge is 2.13. The van der Waals surface area contributed by atoms with Crippen LogP contribution in [0.4, 0.5) is 4.79 Å². The first kappa shape index (κ1) is 18.0. The van der Waals surface area contributed by atoms with E-state index in [0.29, 0.717) is 18.1 Å². The lowest BCUT2D eigenvalue weighted by atomic mass is 10.1. The fourth-order valence-corrected chi connectivity index (χ4v) is 2.34. The van der Waals surface area contributed by atoms with Crippen molar-refractivity contribution in [2.45, 2.75) is 33.6 Å². The standard InChI is InChI=1S/C20H24O4/c1-4-13-22-14-12-17-9-7-11-19(16(17)3)24-20(21)23-18-10-6-5-8-15(18)2/h5-11H,4,12-14H2,1-3H3. The maximum Gasteiger partial charge on any atom is 0.519 e. The number of rotatable bonds is 7. The first-order valence-corrected chi connectivity index (χ1v) is 8.23. The molecule has 0 heterocycles. The summed E-state index contributed by atoms with van der Waals surface area (Å²) in [5, 5.41) is 0. The van der Waals surface area contributed by atoms with Gasteiger partial charge in [-0.1, -0.05) is 37.3 Å². The lowest BCUT2D eigenvalue weighted by Gasteiger charge is -2.12. The Labute approximate surface area is 143 Å². The monoisotopic (exact) mass is 328 g/mol. The predicted octanol–water partition coefficient (Wildman–Crippen LogP) is 4.85. The van der Waals surface area contributed by atoms with E-state index in [4.69, 9.17) is 14.2 Å². The van der Waals surface area contributed by atoms with Crippen LogP contribution >= 0.6 is 0 Å². The van der Waals surface area contributed by atoms with Crippen LogP contribution in [0.25, 0.3) is 0 Å². The van der Waals surface area contributed by atoms with Crippen molar-refractivity contribution >= 4 is 6.16 Å². The van der Waals surface area contributed by atoms with Gasteiger partial charge in [-0.05, 0) is 55.5 Å². The third kappa shape index (κ3) is 5.10. The normalized spacial score (nSPS) is 10.5. The summed E-state index contributed by atoms with van der Waals surface area (Å²) < 4.78 is 16.2. The topological polar surface area (TPSA) is 44.8 Å². The highest BCUT2D eigenvalue weighted by atomic mass is 16.7. The zero-order valence-electron chi connectivity index (χ0n) is 14.5. The Morgan fingerprint density at radius 3 is 2.38 bits per heavy atom. The summed E-state index contributed by atoms with van der Waals surface area (Å²) in [7, 11) is 0.